The second kappa shape index (κ2) is 8.25. The number of aliphatic carboxylic acids is 1. The Kier molecular flexibility index (Phi) is 6.35. The number of carboxylic acids is 1. The summed E-state index contributed by atoms with van der Waals surface area (Å²) in [7, 11) is 0. The van der Waals surface area contributed by atoms with Crippen LogP contribution in [-0.4, -0.2) is 46.9 Å². The van der Waals surface area contributed by atoms with Gasteiger partial charge in [-0.25, -0.2) is 4.79 Å². The van der Waals surface area contributed by atoms with Crippen molar-refractivity contribution in [1.29, 1.82) is 0 Å². The maximum Gasteiger partial charge on any atom is 0.321 e. The van der Waals surface area contributed by atoms with E-state index >= 15 is 0 Å². The molecule has 1 aromatic rings. The molecule has 0 aliphatic heterocycles. The van der Waals surface area contributed by atoms with E-state index in [4.69, 9.17) is 15.3 Å². The van der Waals surface area contributed by atoms with E-state index in [1.807, 2.05) is 0 Å². The number of nitrogens with one attached hydrogen (secondary N) is 1. The Hall–Kier alpha value is -3.10. The molecule has 0 fully saturated rings. The molecule has 1 heterocycles. The monoisotopic (exact) mass is 309 g/mol. The minimum absolute atomic E-state index is 0.360. The number of hydrogen-bond acceptors (Lipinski definition) is 5. The van der Waals surface area contributed by atoms with Gasteiger partial charge in [-0.2, -0.15) is 0 Å². The SMILES string of the molecule is NC(=O)N(CCC(=O)O)C(=O)CNC(=O)C=Cc1ccco1. The van der Waals surface area contributed by atoms with Gasteiger partial charge in [-0.05, 0) is 18.2 Å². The van der Waals surface area contributed by atoms with Gasteiger partial charge in [0.1, 0.15) is 5.76 Å². The van der Waals surface area contributed by atoms with Gasteiger partial charge in [-0.1, -0.05) is 0 Å². The summed E-state index contributed by atoms with van der Waals surface area (Å²) in [6.07, 6.45) is 3.56. The Morgan fingerprint density at radius 2 is 2.09 bits per heavy atom. The van der Waals surface area contributed by atoms with E-state index in [-0.39, 0.29) is 6.54 Å². The van der Waals surface area contributed by atoms with Crippen LogP contribution in [0, 0.1) is 0 Å². The summed E-state index contributed by atoms with van der Waals surface area (Å²) in [6, 6.07) is 2.20. The average molecular weight is 309 g/mol. The Morgan fingerprint density at radius 3 is 2.64 bits per heavy atom. The van der Waals surface area contributed by atoms with Gasteiger partial charge < -0.3 is 20.6 Å². The van der Waals surface area contributed by atoms with Crippen LogP contribution < -0.4 is 11.1 Å². The Morgan fingerprint density at radius 1 is 1.36 bits per heavy atom. The van der Waals surface area contributed by atoms with Gasteiger partial charge in [0, 0.05) is 12.6 Å². The predicted molar refractivity (Wildman–Crippen MR) is 74.3 cm³/mol. The highest BCUT2D eigenvalue weighted by Crippen LogP contribution is 2.01. The van der Waals surface area contributed by atoms with Crippen LogP contribution in [0.4, 0.5) is 4.79 Å². The van der Waals surface area contributed by atoms with Crippen LogP contribution in [0.3, 0.4) is 0 Å². The molecule has 118 valence electrons. The highest BCUT2D eigenvalue weighted by molar-refractivity contribution is 5.98. The zero-order valence-electron chi connectivity index (χ0n) is 11.5. The lowest BCUT2D eigenvalue weighted by Gasteiger charge is -2.17. The van der Waals surface area contributed by atoms with Crippen molar-refractivity contribution in [3.8, 4) is 0 Å². The van der Waals surface area contributed by atoms with Crippen molar-refractivity contribution in [3.05, 3.63) is 30.2 Å². The van der Waals surface area contributed by atoms with Crippen LogP contribution in [0.5, 0.6) is 0 Å². The van der Waals surface area contributed by atoms with Crippen molar-refractivity contribution in [3.63, 3.8) is 0 Å². The molecule has 0 saturated carbocycles. The molecule has 0 saturated heterocycles. The number of hydrogen-bond donors (Lipinski definition) is 3. The van der Waals surface area contributed by atoms with Crippen molar-refractivity contribution in [2.45, 2.75) is 6.42 Å². The van der Waals surface area contributed by atoms with Crippen LogP contribution >= 0.6 is 0 Å². The van der Waals surface area contributed by atoms with Gasteiger partial charge in [-0.15, -0.1) is 0 Å². The number of urea groups is 1. The van der Waals surface area contributed by atoms with E-state index < -0.39 is 36.8 Å². The van der Waals surface area contributed by atoms with Gasteiger partial charge in [0.15, 0.2) is 0 Å². The van der Waals surface area contributed by atoms with E-state index in [1.54, 1.807) is 12.1 Å². The molecule has 1 aromatic heterocycles. The molecule has 4 N–H and O–H groups in total. The van der Waals surface area contributed by atoms with Crippen molar-refractivity contribution in [2.75, 3.05) is 13.1 Å². The van der Waals surface area contributed by atoms with Crippen LogP contribution in [0.1, 0.15) is 12.2 Å². The van der Waals surface area contributed by atoms with E-state index in [0.717, 1.165) is 6.08 Å². The minimum Gasteiger partial charge on any atom is -0.481 e. The molecular formula is C13H15N3O6. The zero-order valence-corrected chi connectivity index (χ0v) is 11.5. The summed E-state index contributed by atoms with van der Waals surface area (Å²) in [5, 5.41) is 10.8. The topological polar surface area (TPSA) is 143 Å². The highest BCUT2D eigenvalue weighted by atomic mass is 16.4. The number of imide groups is 1. The smallest absolute Gasteiger partial charge is 0.321 e. The van der Waals surface area contributed by atoms with Crippen LogP contribution in [0.15, 0.2) is 28.9 Å². The molecular weight excluding hydrogens is 294 g/mol. The molecule has 0 bridgehead atoms. The van der Waals surface area contributed by atoms with Gasteiger partial charge >= 0.3 is 12.0 Å². The summed E-state index contributed by atoms with van der Waals surface area (Å²) in [5.74, 6) is -2.09. The van der Waals surface area contributed by atoms with E-state index in [2.05, 4.69) is 5.32 Å². The number of rotatable bonds is 7. The van der Waals surface area contributed by atoms with Gasteiger partial charge in [0.25, 0.3) is 0 Å². The molecule has 0 aromatic carbocycles. The quantitative estimate of drug-likeness (QED) is 0.595. The van der Waals surface area contributed by atoms with Gasteiger partial charge in [-0.3, -0.25) is 19.3 Å². The Labute approximate surface area is 125 Å². The second-order valence-electron chi connectivity index (χ2n) is 4.09. The van der Waals surface area contributed by atoms with Crippen molar-refractivity contribution >= 4 is 29.9 Å². The molecule has 9 nitrogen and oxygen atoms in total. The summed E-state index contributed by atoms with van der Waals surface area (Å²) in [4.78, 5) is 45.3. The van der Waals surface area contributed by atoms with E-state index in [0.29, 0.717) is 10.7 Å². The van der Waals surface area contributed by atoms with E-state index in [9.17, 15) is 19.2 Å². The first-order valence-electron chi connectivity index (χ1n) is 6.21. The average Bonchev–Trinajstić information content (AvgIpc) is 2.95. The molecule has 0 aliphatic rings. The molecule has 0 radical (unpaired) electrons. The maximum absolute atomic E-state index is 11.7. The fourth-order valence-corrected chi connectivity index (χ4v) is 1.43. The third kappa shape index (κ3) is 5.90. The standard InChI is InChI=1S/C13H15N3O6/c14-13(21)16(6-5-12(19)20)11(18)8-15-10(17)4-3-9-2-1-7-22-9/h1-4,7H,5-6,8H2,(H2,14,21)(H,15,17)(H,19,20). The normalized spacial score (nSPS) is 10.4. The zero-order chi connectivity index (χ0) is 16.5. The minimum atomic E-state index is -1.18. The largest absolute Gasteiger partial charge is 0.481 e. The maximum atomic E-state index is 11.7. The summed E-state index contributed by atoms with van der Waals surface area (Å²) in [5.41, 5.74) is 4.99. The lowest BCUT2D eigenvalue weighted by molar-refractivity contribution is -0.138. The molecule has 0 unspecified atom stereocenters. The number of carbonyl (C=O) groups excluding carboxylic acids is 3. The fraction of sp³-hybridized carbons (Fsp3) is 0.231. The lowest BCUT2D eigenvalue weighted by Crippen LogP contribution is -2.46. The Bertz CT molecular complexity index is 579. The van der Waals surface area contributed by atoms with Crippen LogP contribution in [-0.2, 0) is 14.4 Å². The first-order valence-corrected chi connectivity index (χ1v) is 6.21. The molecule has 9 heteroatoms. The Balaban J connectivity index is 2.46. The first-order chi connectivity index (χ1) is 10.4. The number of furan rings is 1. The summed E-state index contributed by atoms with van der Waals surface area (Å²) < 4.78 is 4.97. The molecule has 0 spiro atoms. The second-order valence-corrected chi connectivity index (χ2v) is 4.09. The molecule has 0 atom stereocenters. The number of nitrogens with zero attached hydrogens (tertiary/aromatic N) is 1. The summed E-state index contributed by atoms with van der Waals surface area (Å²) >= 11 is 0. The number of carbonyl (C=O) groups is 4. The number of nitrogens with two attached hydrogens (primary N) is 1. The third-order valence-corrected chi connectivity index (χ3v) is 2.47. The summed E-state index contributed by atoms with van der Waals surface area (Å²) in [6.45, 7) is -0.842. The predicted octanol–water partition coefficient (Wildman–Crippen LogP) is -0.209. The lowest BCUT2D eigenvalue weighted by atomic mass is 10.3. The molecule has 0 aliphatic carbocycles. The van der Waals surface area contributed by atoms with Crippen LogP contribution in [0.25, 0.3) is 6.08 Å². The van der Waals surface area contributed by atoms with Crippen LogP contribution in [0.2, 0.25) is 0 Å². The highest BCUT2D eigenvalue weighted by Gasteiger charge is 2.19. The van der Waals surface area contributed by atoms with Crippen molar-refractivity contribution in [2.24, 2.45) is 5.73 Å². The van der Waals surface area contributed by atoms with Crippen molar-refractivity contribution < 1.29 is 28.7 Å². The molecule has 22 heavy (non-hydrogen) atoms. The third-order valence-electron chi connectivity index (χ3n) is 2.47. The fourth-order valence-electron chi connectivity index (χ4n) is 1.43. The van der Waals surface area contributed by atoms with Gasteiger partial charge in [0.05, 0.1) is 19.2 Å². The van der Waals surface area contributed by atoms with E-state index in [1.165, 1.54) is 12.3 Å². The van der Waals surface area contributed by atoms with Crippen molar-refractivity contribution in [1.82, 2.24) is 10.2 Å². The van der Waals surface area contributed by atoms with Gasteiger partial charge in [0.2, 0.25) is 11.8 Å². The first kappa shape index (κ1) is 17.0. The number of amides is 4. The number of carboxylic acid groups (broad SMARTS) is 1. The molecule has 4 amide bonds. The number of primary amides is 1. The molecule has 1 rings (SSSR count).